The van der Waals surface area contributed by atoms with Crippen LogP contribution in [-0.4, -0.2) is 117 Å². The van der Waals surface area contributed by atoms with Gasteiger partial charge in [-0.1, -0.05) is 18.2 Å². The maximum atomic E-state index is 15.9. The maximum absolute atomic E-state index is 15.9. The highest BCUT2D eigenvalue weighted by molar-refractivity contribution is 8.00. The van der Waals surface area contributed by atoms with Crippen molar-refractivity contribution in [3.05, 3.63) is 75.5 Å². The SMILES string of the molecule is COc1c(N2CC[C@@H]([C@H](C)NCC3=C(C(=O)O)N4C(=O)[C@@H](NC(=O)COc5ccccc5)[C@H]4SC3)C2)c(F)cc2c(=O)c(C(=O)O)cn(C3CC3)c12.O=C(O)C(F)(F)F. The zero-order valence-corrected chi connectivity index (χ0v) is 32.3. The van der Waals surface area contributed by atoms with E-state index in [0.29, 0.717) is 42.1 Å². The lowest BCUT2D eigenvalue weighted by molar-refractivity contribution is -0.192. The molecule has 59 heavy (non-hydrogen) atoms. The van der Waals surface area contributed by atoms with Crippen molar-refractivity contribution in [2.45, 2.75) is 55.9 Å². The number of alkyl halides is 3. The molecule has 2 saturated heterocycles. The second kappa shape index (κ2) is 17.2. The number of carboxylic acids is 3. The number of aliphatic carboxylic acids is 2. The number of anilines is 1. The van der Waals surface area contributed by atoms with Crippen molar-refractivity contribution in [1.82, 2.24) is 20.1 Å². The van der Waals surface area contributed by atoms with Crippen molar-refractivity contribution >= 4 is 58.1 Å². The smallest absolute Gasteiger partial charge is 0.490 e. The minimum atomic E-state index is -5.08. The van der Waals surface area contributed by atoms with Crippen LogP contribution in [0.25, 0.3) is 10.9 Å². The van der Waals surface area contributed by atoms with Gasteiger partial charge in [0.15, 0.2) is 18.2 Å². The summed E-state index contributed by atoms with van der Waals surface area (Å²) < 4.78 is 60.5. The Labute approximate surface area is 336 Å². The number of carboxylic acid groups (broad SMARTS) is 3. The number of para-hydroxylation sites is 1. The summed E-state index contributed by atoms with van der Waals surface area (Å²) in [7, 11) is 1.40. The van der Waals surface area contributed by atoms with E-state index in [1.54, 1.807) is 28.8 Å². The molecule has 3 fully saturated rings. The van der Waals surface area contributed by atoms with E-state index in [4.69, 9.17) is 19.4 Å². The number of halogens is 4. The van der Waals surface area contributed by atoms with Crippen LogP contribution < -0.4 is 30.4 Å². The standard InChI is InChI=1S/C36H38FN5O9S.C2HF3O2/c1-18(38-13-20-17-52-34-27(33(45)42(34)28(20)36(48)49)39-26(43)16-51-22-6-4-3-5-7-22)19-10-11-40(14-19)30-25(37)12-23-29(32(30)50-2)41(21-8-9-21)15-24(31(23)44)35(46)47;3-2(4,5)1(6)7/h3-7,12,15,18-19,21,27,34,38H,8-11,13-14,16-17H2,1-2H3,(H,39,43)(H,46,47)(H,48,49);(H,6,7)/t18-,19+,27+,34+;/m0./s1. The van der Waals surface area contributed by atoms with Gasteiger partial charge < -0.3 is 44.9 Å². The van der Waals surface area contributed by atoms with E-state index < -0.39 is 64.1 Å². The molecule has 2 aromatic carbocycles. The lowest BCUT2D eigenvalue weighted by Gasteiger charge is -2.49. The van der Waals surface area contributed by atoms with Crippen LogP contribution in [0.4, 0.5) is 23.2 Å². The normalized spacial score (nSPS) is 20.6. The van der Waals surface area contributed by atoms with Crippen molar-refractivity contribution in [2.75, 3.05) is 44.0 Å². The zero-order valence-electron chi connectivity index (χ0n) is 31.5. The molecule has 2 amide bonds. The lowest BCUT2D eigenvalue weighted by atomic mass is 9.99. The first-order valence-electron chi connectivity index (χ1n) is 18.3. The number of benzene rings is 2. The summed E-state index contributed by atoms with van der Waals surface area (Å²) in [5.74, 6) is -5.97. The molecular weight excluding hydrogens is 811 g/mol. The Bertz CT molecular complexity index is 2270. The van der Waals surface area contributed by atoms with E-state index >= 15 is 4.39 Å². The number of carbonyl (C=O) groups excluding carboxylic acids is 2. The largest absolute Gasteiger partial charge is 0.492 e. The number of methoxy groups -OCH3 is 1. The molecule has 1 aliphatic carbocycles. The first kappa shape index (κ1) is 42.8. The van der Waals surface area contributed by atoms with Crippen molar-refractivity contribution < 1.29 is 66.3 Å². The van der Waals surface area contributed by atoms with E-state index in [0.717, 1.165) is 18.9 Å². The fraction of sp³-hybridized carbons (Fsp3) is 0.421. The number of nitrogens with one attached hydrogen (secondary N) is 2. The Morgan fingerprint density at radius 1 is 1.03 bits per heavy atom. The number of carbonyl (C=O) groups is 5. The highest BCUT2D eigenvalue weighted by Crippen LogP contribution is 2.45. The molecule has 0 radical (unpaired) electrons. The van der Waals surface area contributed by atoms with Crippen molar-refractivity contribution in [3.8, 4) is 11.5 Å². The van der Waals surface area contributed by atoms with Gasteiger partial charge in [0.05, 0.1) is 18.0 Å². The number of hydrogen-bond acceptors (Lipinski definition) is 11. The van der Waals surface area contributed by atoms with Gasteiger partial charge in [0, 0.05) is 43.7 Å². The van der Waals surface area contributed by atoms with Gasteiger partial charge in [0.1, 0.15) is 34.1 Å². The molecule has 5 N–H and O–H groups in total. The summed E-state index contributed by atoms with van der Waals surface area (Å²) in [6.07, 6.45) is -1.47. The van der Waals surface area contributed by atoms with Gasteiger partial charge in [-0.15, -0.1) is 11.8 Å². The topological polar surface area (TPSA) is 217 Å². The zero-order chi connectivity index (χ0) is 42.9. The van der Waals surface area contributed by atoms with Gasteiger partial charge in [-0.2, -0.15) is 13.2 Å². The molecule has 1 aromatic heterocycles. The minimum absolute atomic E-state index is 0.0158. The van der Waals surface area contributed by atoms with Crippen molar-refractivity contribution in [3.63, 3.8) is 0 Å². The molecular formula is C38H39F4N5O11S. The molecule has 3 aliphatic heterocycles. The van der Waals surface area contributed by atoms with E-state index in [2.05, 4.69) is 10.6 Å². The number of ether oxygens (including phenoxy) is 2. The number of amides is 2. The molecule has 3 aromatic rings. The van der Waals surface area contributed by atoms with Crippen LogP contribution in [0.2, 0.25) is 0 Å². The Kier molecular flexibility index (Phi) is 12.5. The quantitative estimate of drug-likeness (QED) is 0.123. The summed E-state index contributed by atoms with van der Waals surface area (Å²) in [6, 6.07) is 8.88. The third-order valence-electron chi connectivity index (χ3n) is 10.4. The third-order valence-corrected chi connectivity index (χ3v) is 11.7. The number of fused-ring (bicyclic) bond motifs is 2. The highest BCUT2D eigenvalue weighted by Gasteiger charge is 2.54. The summed E-state index contributed by atoms with van der Waals surface area (Å²) >= 11 is 1.38. The molecule has 4 aliphatic rings. The Morgan fingerprint density at radius 2 is 1.71 bits per heavy atom. The number of hydrogen-bond donors (Lipinski definition) is 5. The van der Waals surface area contributed by atoms with Gasteiger partial charge in [-0.05, 0) is 55.9 Å². The number of aromatic nitrogens is 1. The highest BCUT2D eigenvalue weighted by atomic mass is 32.2. The second-order valence-electron chi connectivity index (χ2n) is 14.2. The number of rotatable bonds is 13. The molecule has 0 spiro atoms. The van der Waals surface area contributed by atoms with Gasteiger partial charge in [-0.3, -0.25) is 19.3 Å². The summed E-state index contributed by atoms with van der Waals surface area (Å²) in [4.78, 5) is 75.0. The first-order chi connectivity index (χ1) is 27.9. The fourth-order valence-corrected chi connectivity index (χ4v) is 8.62. The van der Waals surface area contributed by atoms with Crippen LogP contribution >= 0.6 is 11.8 Å². The van der Waals surface area contributed by atoms with Crippen LogP contribution in [0.1, 0.15) is 42.6 Å². The Morgan fingerprint density at radius 3 is 2.31 bits per heavy atom. The van der Waals surface area contributed by atoms with E-state index in [1.165, 1.54) is 30.0 Å². The number of thioether (sulfide) groups is 1. The van der Waals surface area contributed by atoms with Gasteiger partial charge >= 0.3 is 24.1 Å². The maximum Gasteiger partial charge on any atom is 0.490 e. The van der Waals surface area contributed by atoms with E-state index in [9.17, 15) is 47.4 Å². The Hall–Kier alpha value is -5.83. The Balaban J connectivity index is 0.000000768. The third kappa shape index (κ3) is 8.94. The summed E-state index contributed by atoms with van der Waals surface area (Å²) in [6.45, 7) is 2.82. The molecule has 7 rings (SSSR count). The van der Waals surface area contributed by atoms with Crippen molar-refractivity contribution in [1.29, 1.82) is 0 Å². The molecule has 21 heteroatoms. The lowest BCUT2D eigenvalue weighted by Crippen LogP contribution is -2.71. The molecule has 1 saturated carbocycles. The number of pyridine rings is 1. The van der Waals surface area contributed by atoms with Crippen LogP contribution in [0.3, 0.4) is 0 Å². The second-order valence-corrected chi connectivity index (χ2v) is 15.3. The van der Waals surface area contributed by atoms with E-state index in [1.807, 2.05) is 17.9 Å². The van der Waals surface area contributed by atoms with Gasteiger partial charge in [0.25, 0.3) is 11.8 Å². The summed E-state index contributed by atoms with van der Waals surface area (Å²) in [5, 5.41) is 32.4. The van der Waals surface area contributed by atoms with E-state index in [-0.39, 0.29) is 53.7 Å². The predicted octanol–water partition coefficient (Wildman–Crippen LogP) is 3.44. The first-order valence-corrected chi connectivity index (χ1v) is 19.3. The number of aromatic carboxylic acids is 1. The van der Waals surface area contributed by atoms with Crippen LogP contribution in [-0.2, 0) is 19.2 Å². The molecule has 0 unspecified atom stereocenters. The van der Waals surface area contributed by atoms with Crippen LogP contribution in [0, 0.1) is 11.7 Å². The van der Waals surface area contributed by atoms with Crippen molar-refractivity contribution in [2.24, 2.45) is 5.92 Å². The average molecular weight is 850 g/mol. The number of β-lactam (4-membered cyclic amide) rings is 1. The van der Waals surface area contributed by atoms with Gasteiger partial charge in [0.2, 0.25) is 5.43 Å². The molecule has 4 atom stereocenters. The molecule has 4 heterocycles. The molecule has 0 bridgehead atoms. The predicted molar refractivity (Wildman–Crippen MR) is 203 cm³/mol. The average Bonchev–Trinajstić information content (AvgIpc) is 3.93. The molecule has 316 valence electrons. The van der Waals surface area contributed by atoms with Crippen LogP contribution in [0.15, 0.2) is 58.7 Å². The molecule has 16 nitrogen and oxygen atoms in total. The van der Waals surface area contributed by atoms with Crippen LogP contribution in [0.5, 0.6) is 11.5 Å². The van der Waals surface area contributed by atoms with Gasteiger partial charge in [-0.25, -0.2) is 18.8 Å². The fourth-order valence-electron chi connectivity index (χ4n) is 7.27. The minimum Gasteiger partial charge on any atom is -0.492 e. The monoisotopic (exact) mass is 849 g/mol. The summed E-state index contributed by atoms with van der Waals surface area (Å²) in [5.41, 5.74) is -0.161. The number of nitrogens with zero attached hydrogens (tertiary/aromatic N) is 3.